The maximum Gasteiger partial charge on any atom is 0.330 e. The first-order valence-electron chi connectivity index (χ1n) is 8.27. The Balaban J connectivity index is 1.83. The fourth-order valence-electron chi connectivity index (χ4n) is 2.14. The molecule has 0 bridgehead atoms. The SMILES string of the molecule is O=S(=O)(O)CCNc1nc(Nc2cccc(Nc3ncncn3)c2)nc(S(=O)(=O)O)n1. The van der Waals surface area contributed by atoms with Gasteiger partial charge in [-0.1, -0.05) is 6.07 Å². The molecule has 5 N–H and O–H groups in total. The average molecular weight is 469 g/mol. The molecule has 0 aliphatic carbocycles. The molecule has 0 saturated heterocycles. The highest BCUT2D eigenvalue weighted by Gasteiger charge is 2.18. The summed E-state index contributed by atoms with van der Waals surface area (Å²) in [6.45, 7) is -0.321. The molecule has 31 heavy (non-hydrogen) atoms. The van der Waals surface area contributed by atoms with Crippen molar-refractivity contribution in [2.45, 2.75) is 5.16 Å². The van der Waals surface area contributed by atoms with Crippen molar-refractivity contribution in [3.8, 4) is 0 Å². The molecule has 0 aliphatic rings. The molecule has 2 aromatic heterocycles. The van der Waals surface area contributed by atoms with Crippen LogP contribution in [-0.4, -0.2) is 68.1 Å². The van der Waals surface area contributed by atoms with Gasteiger partial charge in [-0.2, -0.15) is 31.8 Å². The van der Waals surface area contributed by atoms with Crippen LogP contribution >= 0.6 is 0 Å². The highest BCUT2D eigenvalue weighted by atomic mass is 32.2. The highest BCUT2D eigenvalue weighted by molar-refractivity contribution is 7.86. The van der Waals surface area contributed by atoms with Crippen molar-refractivity contribution in [3.05, 3.63) is 36.9 Å². The molecule has 0 spiro atoms. The van der Waals surface area contributed by atoms with E-state index in [4.69, 9.17) is 4.55 Å². The van der Waals surface area contributed by atoms with Gasteiger partial charge < -0.3 is 16.0 Å². The molecule has 0 saturated carbocycles. The van der Waals surface area contributed by atoms with Crippen molar-refractivity contribution in [2.24, 2.45) is 0 Å². The summed E-state index contributed by atoms with van der Waals surface area (Å²) in [5.41, 5.74) is 1.00. The van der Waals surface area contributed by atoms with Gasteiger partial charge in [-0.3, -0.25) is 9.11 Å². The summed E-state index contributed by atoms with van der Waals surface area (Å²) in [5, 5.41) is 7.16. The van der Waals surface area contributed by atoms with Crippen molar-refractivity contribution in [1.82, 2.24) is 29.9 Å². The van der Waals surface area contributed by atoms with Gasteiger partial charge >= 0.3 is 10.1 Å². The Morgan fingerprint density at radius 1 is 0.839 bits per heavy atom. The number of aromatic nitrogens is 6. The summed E-state index contributed by atoms with van der Waals surface area (Å²) in [4.78, 5) is 22.7. The first-order valence-corrected chi connectivity index (χ1v) is 11.3. The first kappa shape index (κ1) is 22.2. The summed E-state index contributed by atoms with van der Waals surface area (Å²) in [6, 6.07) is 6.63. The molecular formula is C14H15N9O6S2. The predicted molar refractivity (Wildman–Crippen MR) is 107 cm³/mol. The number of benzene rings is 1. The van der Waals surface area contributed by atoms with Gasteiger partial charge in [0.1, 0.15) is 12.7 Å². The third-order valence-electron chi connectivity index (χ3n) is 3.36. The van der Waals surface area contributed by atoms with Crippen molar-refractivity contribution in [3.63, 3.8) is 0 Å². The molecule has 1 aromatic carbocycles. The molecule has 3 aromatic rings. The van der Waals surface area contributed by atoms with Crippen LogP contribution in [0.1, 0.15) is 0 Å². The molecule has 0 unspecified atom stereocenters. The Labute approximate surface area is 176 Å². The molecule has 0 amide bonds. The van der Waals surface area contributed by atoms with Gasteiger partial charge in [0, 0.05) is 17.9 Å². The minimum Gasteiger partial charge on any atom is -0.353 e. The highest BCUT2D eigenvalue weighted by Crippen LogP contribution is 2.21. The van der Waals surface area contributed by atoms with Gasteiger partial charge in [0.25, 0.3) is 15.3 Å². The van der Waals surface area contributed by atoms with E-state index in [-0.39, 0.29) is 18.4 Å². The maximum atomic E-state index is 11.5. The molecule has 2 heterocycles. The number of anilines is 5. The fraction of sp³-hybridized carbons (Fsp3) is 0.143. The van der Waals surface area contributed by atoms with Gasteiger partial charge in [0.05, 0.1) is 5.75 Å². The lowest BCUT2D eigenvalue weighted by Gasteiger charge is -2.10. The Hall–Kier alpha value is -3.54. The molecule has 3 rings (SSSR count). The second-order valence-electron chi connectivity index (χ2n) is 5.75. The fourth-order valence-corrected chi connectivity index (χ4v) is 2.90. The standard InChI is InChI=1S/C14H15N9O6S2/c24-30(25,26)5-4-16-12-21-13(23-14(22-12)31(27,28)29)20-10-3-1-2-9(6-10)19-11-17-7-15-8-18-11/h1-3,6-8H,4-5H2,(H,24,25,26)(H,27,28,29)(H,15,17,18,19)(H2,16,20,21,22,23). The zero-order valence-electron chi connectivity index (χ0n) is 15.4. The third-order valence-corrected chi connectivity index (χ3v) is 4.72. The van der Waals surface area contributed by atoms with Gasteiger partial charge in [-0.15, -0.1) is 0 Å². The molecule has 164 valence electrons. The van der Waals surface area contributed by atoms with E-state index in [1.54, 1.807) is 24.3 Å². The molecule has 0 atom stereocenters. The van der Waals surface area contributed by atoms with Crippen LogP contribution < -0.4 is 16.0 Å². The maximum absolute atomic E-state index is 11.5. The summed E-state index contributed by atoms with van der Waals surface area (Å²) in [5.74, 6) is -0.971. The van der Waals surface area contributed by atoms with Crippen LogP contribution in [0.5, 0.6) is 0 Å². The lowest BCUT2D eigenvalue weighted by molar-refractivity contribution is 0.473. The lowest BCUT2D eigenvalue weighted by atomic mass is 10.3. The number of nitrogens with zero attached hydrogens (tertiary/aromatic N) is 6. The molecule has 17 heteroatoms. The topological polar surface area (TPSA) is 222 Å². The zero-order valence-corrected chi connectivity index (χ0v) is 17.0. The summed E-state index contributed by atoms with van der Waals surface area (Å²) >= 11 is 0. The number of nitrogens with one attached hydrogen (secondary N) is 3. The van der Waals surface area contributed by atoms with Crippen LogP contribution in [0.4, 0.5) is 29.2 Å². The van der Waals surface area contributed by atoms with Crippen LogP contribution in [0.3, 0.4) is 0 Å². The third kappa shape index (κ3) is 7.03. The zero-order chi connectivity index (χ0) is 22.5. The van der Waals surface area contributed by atoms with Crippen LogP contribution in [0.15, 0.2) is 42.1 Å². The van der Waals surface area contributed by atoms with Crippen molar-refractivity contribution in [1.29, 1.82) is 0 Å². The number of rotatable bonds is 9. The van der Waals surface area contributed by atoms with Gasteiger partial charge in [-0.05, 0) is 18.2 Å². The van der Waals surface area contributed by atoms with Crippen LogP contribution in [-0.2, 0) is 20.2 Å². The van der Waals surface area contributed by atoms with Crippen LogP contribution in [0, 0.1) is 0 Å². The van der Waals surface area contributed by atoms with Gasteiger partial charge in [-0.25, -0.2) is 15.0 Å². The van der Waals surface area contributed by atoms with Crippen LogP contribution in [0.25, 0.3) is 0 Å². The largest absolute Gasteiger partial charge is 0.353 e. The number of hydrogen-bond acceptors (Lipinski definition) is 13. The Kier molecular flexibility index (Phi) is 6.49. The van der Waals surface area contributed by atoms with Crippen LogP contribution in [0.2, 0.25) is 0 Å². The Bertz CT molecular complexity index is 1270. The van der Waals surface area contributed by atoms with Gasteiger partial charge in [0.15, 0.2) is 0 Å². The molecule has 0 fully saturated rings. The monoisotopic (exact) mass is 469 g/mol. The first-order chi connectivity index (χ1) is 14.6. The van der Waals surface area contributed by atoms with Crippen molar-refractivity contribution < 1.29 is 25.9 Å². The van der Waals surface area contributed by atoms with Crippen molar-refractivity contribution in [2.75, 3.05) is 28.2 Å². The normalized spacial score (nSPS) is 11.7. The Morgan fingerprint density at radius 2 is 1.45 bits per heavy atom. The minimum atomic E-state index is -4.79. The van der Waals surface area contributed by atoms with E-state index in [0.29, 0.717) is 17.3 Å². The van der Waals surface area contributed by atoms with E-state index in [9.17, 15) is 21.4 Å². The smallest absolute Gasteiger partial charge is 0.330 e. The minimum absolute atomic E-state index is 0.255. The van der Waals surface area contributed by atoms with E-state index in [1.165, 1.54) is 12.7 Å². The second kappa shape index (κ2) is 9.08. The lowest BCUT2D eigenvalue weighted by Crippen LogP contribution is -2.18. The molecule has 0 radical (unpaired) electrons. The summed E-state index contributed by atoms with van der Waals surface area (Å²) < 4.78 is 62.6. The average Bonchev–Trinajstić information content (AvgIpc) is 2.67. The van der Waals surface area contributed by atoms with E-state index in [2.05, 4.69) is 45.9 Å². The van der Waals surface area contributed by atoms with E-state index < -0.39 is 31.1 Å². The molecule has 0 aliphatic heterocycles. The van der Waals surface area contributed by atoms with E-state index >= 15 is 0 Å². The molecular weight excluding hydrogens is 454 g/mol. The number of hydrogen-bond donors (Lipinski definition) is 5. The van der Waals surface area contributed by atoms with Gasteiger partial charge in [0.2, 0.25) is 17.8 Å². The van der Waals surface area contributed by atoms with E-state index in [1.807, 2.05) is 0 Å². The molecule has 15 nitrogen and oxygen atoms in total. The van der Waals surface area contributed by atoms with Crippen molar-refractivity contribution >= 4 is 49.5 Å². The quantitative estimate of drug-likeness (QED) is 0.262. The second-order valence-corrected chi connectivity index (χ2v) is 8.63. The summed E-state index contributed by atoms with van der Waals surface area (Å²) in [7, 11) is -9.05. The summed E-state index contributed by atoms with van der Waals surface area (Å²) in [6.07, 6.45) is 2.63. The predicted octanol–water partition coefficient (Wildman–Crippen LogP) is 0.0902. The Morgan fingerprint density at radius 3 is 2.06 bits per heavy atom. The van der Waals surface area contributed by atoms with E-state index in [0.717, 1.165) is 0 Å².